The predicted octanol–water partition coefficient (Wildman–Crippen LogP) is 1.87. The van der Waals surface area contributed by atoms with Crippen molar-refractivity contribution in [3.63, 3.8) is 0 Å². The summed E-state index contributed by atoms with van der Waals surface area (Å²) in [4.78, 5) is 4.13. The molecule has 0 unspecified atom stereocenters. The van der Waals surface area contributed by atoms with Gasteiger partial charge in [-0.3, -0.25) is 4.98 Å². The number of aliphatic hydroxyl groups is 1. The largest absolute Gasteiger partial charge is 0.489 e. The first kappa shape index (κ1) is 12.3. The van der Waals surface area contributed by atoms with Crippen LogP contribution in [0.1, 0.15) is 32.3 Å². The number of rotatable bonds is 3. The van der Waals surface area contributed by atoms with Gasteiger partial charge < -0.3 is 14.6 Å². The molecular weight excluding hydrogens is 218 g/mol. The Morgan fingerprint density at radius 3 is 2.71 bits per heavy atom. The normalized spacial score (nSPS) is 19.3. The molecule has 0 bridgehead atoms. The fourth-order valence-electron chi connectivity index (χ4n) is 2.01. The smallest absolute Gasteiger partial charge is 0.138 e. The third-order valence-corrected chi connectivity index (χ3v) is 2.94. The number of aromatic nitrogens is 1. The molecule has 0 spiro atoms. The Morgan fingerprint density at radius 2 is 2.06 bits per heavy atom. The van der Waals surface area contributed by atoms with Gasteiger partial charge in [-0.05, 0) is 19.9 Å². The molecule has 1 aliphatic heterocycles. The van der Waals surface area contributed by atoms with Gasteiger partial charge >= 0.3 is 0 Å². The van der Waals surface area contributed by atoms with Gasteiger partial charge in [0.05, 0.1) is 17.9 Å². The zero-order valence-corrected chi connectivity index (χ0v) is 10.3. The molecule has 1 aromatic heterocycles. The van der Waals surface area contributed by atoms with Crippen LogP contribution in [0.4, 0.5) is 0 Å². The van der Waals surface area contributed by atoms with Crippen LogP contribution in [0.5, 0.6) is 5.75 Å². The Bertz CT molecular complexity index is 373. The van der Waals surface area contributed by atoms with Crippen LogP contribution in [0.3, 0.4) is 0 Å². The van der Waals surface area contributed by atoms with E-state index in [4.69, 9.17) is 9.47 Å². The van der Waals surface area contributed by atoms with E-state index in [2.05, 4.69) is 4.98 Å². The Balaban J connectivity index is 2.19. The lowest BCUT2D eigenvalue weighted by Crippen LogP contribution is -2.33. The van der Waals surface area contributed by atoms with Gasteiger partial charge in [-0.25, -0.2) is 0 Å². The molecule has 94 valence electrons. The lowest BCUT2D eigenvalue weighted by Gasteiger charge is -2.32. The Morgan fingerprint density at radius 1 is 1.35 bits per heavy atom. The fourth-order valence-corrected chi connectivity index (χ4v) is 2.01. The number of hydrogen-bond acceptors (Lipinski definition) is 4. The third-order valence-electron chi connectivity index (χ3n) is 2.94. The molecule has 17 heavy (non-hydrogen) atoms. The highest BCUT2D eigenvalue weighted by Gasteiger charge is 2.32. The minimum atomic E-state index is -0.818. The Kier molecular flexibility index (Phi) is 3.64. The van der Waals surface area contributed by atoms with Gasteiger partial charge in [0, 0.05) is 37.8 Å². The summed E-state index contributed by atoms with van der Waals surface area (Å²) in [5, 5.41) is 10.5. The quantitative estimate of drug-likeness (QED) is 0.872. The Labute approximate surface area is 102 Å². The van der Waals surface area contributed by atoms with Crippen LogP contribution in [0.25, 0.3) is 0 Å². The second-order valence-electron chi connectivity index (χ2n) is 4.72. The van der Waals surface area contributed by atoms with Crippen molar-refractivity contribution in [3.8, 4) is 5.75 Å². The summed E-state index contributed by atoms with van der Waals surface area (Å²) in [6, 6.07) is 1.87. The minimum absolute atomic E-state index is 0.108. The monoisotopic (exact) mass is 237 g/mol. The maximum absolute atomic E-state index is 10.5. The first-order valence-corrected chi connectivity index (χ1v) is 6.02. The SMILES string of the molecule is CC(C)Oc1cncc(C2(O)CCOCC2)c1. The van der Waals surface area contributed by atoms with Crippen LogP contribution in [-0.2, 0) is 10.3 Å². The maximum atomic E-state index is 10.5. The van der Waals surface area contributed by atoms with Crippen LogP contribution in [0.2, 0.25) is 0 Å². The number of hydrogen-bond donors (Lipinski definition) is 1. The van der Waals surface area contributed by atoms with Gasteiger partial charge in [0.2, 0.25) is 0 Å². The molecule has 0 amide bonds. The van der Waals surface area contributed by atoms with Crippen molar-refractivity contribution < 1.29 is 14.6 Å². The second kappa shape index (κ2) is 5.02. The van der Waals surface area contributed by atoms with E-state index in [1.807, 2.05) is 19.9 Å². The fraction of sp³-hybridized carbons (Fsp3) is 0.615. The standard InChI is InChI=1S/C13H19NO3/c1-10(2)17-12-7-11(8-14-9-12)13(15)3-5-16-6-4-13/h7-10,15H,3-6H2,1-2H3. The van der Waals surface area contributed by atoms with E-state index in [9.17, 15) is 5.11 Å². The van der Waals surface area contributed by atoms with E-state index in [0.29, 0.717) is 31.8 Å². The highest BCUT2D eigenvalue weighted by Crippen LogP contribution is 2.32. The minimum Gasteiger partial charge on any atom is -0.489 e. The molecule has 0 aliphatic carbocycles. The van der Waals surface area contributed by atoms with E-state index in [1.165, 1.54) is 0 Å². The molecule has 1 fully saturated rings. The highest BCUT2D eigenvalue weighted by atomic mass is 16.5. The van der Waals surface area contributed by atoms with Crippen LogP contribution >= 0.6 is 0 Å². The summed E-state index contributed by atoms with van der Waals surface area (Å²) in [5.74, 6) is 0.706. The van der Waals surface area contributed by atoms with Crippen LogP contribution in [-0.4, -0.2) is 29.4 Å². The van der Waals surface area contributed by atoms with E-state index in [-0.39, 0.29) is 6.10 Å². The number of nitrogens with zero attached hydrogens (tertiary/aromatic N) is 1. The first-order chi connectivity index (χ1) is 8.10. The molecule has 4 heteroatoms. The summed E-state index contributed by atoms with van der Waals surface area (Å²) in [7, 11) is 0. The van der Waals surface area contributed by atoms with Crippen LogP contribution in [0.15, 0.2) is 18.5 Å². The zero-order chi connectivity index (χ0) is 12.3. The first-order valence-electron chi connectivity index (χ1n) is 6.02. The molecule has 2 rings (SSSR count). The summed E-state index contributed by atoms with van der Waals surface area (Å²) in [5.41, 5.74) is 0.000615. The molecule has 0 saturated carbocycles. The van der Waals surface area contributed by atoms with Crippen molar-refractivity contribution in [1.29, 1.82) is 0 Å². The average molecular weight is 237 g/mol. The molecule has 2 heterocycles. The van der Waals surface area contributed by atoms with Crippen LogP contribution in [0, 0.1) is 0 Å². The van der Waals surface area contributed by atoms with E-state index in [1.54, 1.807) is 12.4 Å². The van der Waals surface area contributed by atoms with Crippen molar-refractivity contribution in [2.75, 3.05) is 13.2 Å². The van der Waals surface area contributed by atoms with Gasteiger partial charge in [-0.1, -0.05) is 0 Å². The van der Waals surface area contributed by atoms with Gasteiger partial charge in [-0.2, -0.15) is 0 Å². The molecule has 1 N–H and O–H groups in total. The highest BCUT2D eigenvalue weighted by molar-refractivity contribution is 5.28. The zero-order valence-electron chi connectivity index (χ0n) is 10.3. The van der Waals surface area contributed by atoms with Gasteiger partial charge in [0.1, 0.15) is 5.75 Å². The van der Waals surface area contributed by atoms with Crippen LogP contribution < -0.4 is 4.74 Å². The third kappa shape index (κ3) is 2.96. The van der Waals surface area contributed by atoms with Crippen molar-refractivity contribution in [1.82, 2.24) is 4.98 Å². The van der Waals surface area contributed by atoms with Crippen molar-refractivity contribution in [2.45, 2.75) is 38.4 Å². The lowest BCUT2D eigenvalue weighted by atomic mass is 9.87. The molecule has 0 aromatic carbocycles. The van der Waals surface area contributed by atoms with Crippen molar-refractivity contribution in [3.05, 3.63) is 24.0 Å². The number of pyridine rings is 1. The summed E-state index contributed by atoms with van der Waals surface area (Å²) >= 11 is 0. The molecular formula is C13H19NO3. The van der Waals surface area contributed by atoms with E-state index in [0.717, 1.165) is 5.56 Å². The summed E-state index contributed by atoms with van der Waals surface area (Å²) in [6.45, 7) is 5.11. The van der Waals surface area contributed by atoms with E-state index >= 15 is 0 Å². The molecule has 4 nitrogen and oxygen atoms in total. The predicted molar refractivity (Wildman–Crippen MR) is 64.0 cm³/mol. The van der Waals surface area contributed by atoms with Crippen molar-refractivity contribution >= 4 is 0 Å². The topological polar surface area (TPSA) is 51.6 Å². The summed E-state index contributed by atoms with van der Waals surface area (Å²) < 4.78 is 10.9. The second-order valence-corrected chi connectivity index (χ2v) is 4.72. The Hall–Kier alpha value is -1.13. The van der Waals surface area contributed by atoms with E-state index < -0.39 is 5.60 Å². The molecule has 1 aliphatic rings. The molecule has 1 aromatic rings. The lowest BCUT2D eigenvalue weighted by molar-refractivity contribution is -0.0682. The molecule has 0 atom stereocenters. The summed E-state index contributed by atoms with van der Waals surface area (Å²) in [6.07, 6.45) is 4.71. The van der Waals surface area contributed by atoms with Gasteiger partial charge in [-0.15, -0.1) is 0 Å². The van der Waals surface area contributed by atoms with Gasteiger partial charge in [0.15, 0.2) is 0 Å². The maximum Gasteiger partial charge on any atom is 0.138 e. The number of ether oxygens (including phenoxy) is 2. The molecule has 0 radical (unpaired) electrons. The van der Waals surface area contributed by atoms with Crippen molar-refractivity contribution in [2.24, 2.45) is 0 Å². The van der Waals surface area contributed by atoms with Gasteiger partial charge in [0.25, 0.3) is 0 Å². The average Bonchev–Trinajstić information content (AvgIpc) is 2.29. The molecule has 1 saturated heterocycles.